The molecule has 21 heavy (non-hydrogen) atoms. The second-order valence-electron chi connectivity index (χ2n) is 5.74. The van der Waals surface area contributed by atoms with E-state index < -0.39 is 0 Å². The van der Waals surface area contributed by atoms with Crippen LogP contribution in [-0.2, 0) is 12.8 Å². The molecule has 0 aliphatic carbocycles. The first-order valence-corrected chi connectivity index (χ1v) is 7.96. The zero-order valence-electron chi connectivity index (χ0n) is 13.1. The molecule has 0 radical (unpaired) electrons. The van der Waals surface area contributed by atoms with Gasteiger partial charge in [0.25, 0.3) is 0 Å². The van der Waals surface area contributed by atoms with Crippen molar-refractivity contribution in [1.29, 1.82) is 0 Å². The largest absolute Gasteiger partial charge is 0.396 e. The lowest BCUT2D eigenvalue weighted by atomic mass is 9.98. The number of hydrogen-bond donors (Lipinski definition) is 2. The van der Waals surface area contributed by atoms with Gasteiger partial charge in [-0.15, -0.1) is 0 Å². The van der Waals surface area contributed by atoms with E-state index in [4.69, 9.17) is 5.11 Å². The fourth-order valence-corrected chi connectivity index (χ4v) is 2.78. The van der Waals surface area contributed by atoms with Crippen molar-refractivity contribution in [2.45, 2.75) is 39.5 Å². The van der Waals surface area contributed by atoms with E-state index in [9.17, 15) is 4.79 Å². The topological polar surface area (TPSA) is 52.6 Å². The van der Waals surface area contributed by atoms with Gasteiger partial charge in [0.05, 0.1) is 0 Å². The molecule has 0 saturated carbocycles. The van der Waals surface area contributed by atoms with Crippen LogP contribution in [0.3, 0.4) is 0 Å². The Balaban J connectivity index is 2.02. The Labute approximate surface area is 127 Å². The van der Waals surface area contributed by atoms with Crippen LogP contribution in [-0.4, -0.2) is 35.7 Å². The van der Waals surface area contributed by atoms with E-state index in [2.05, 4.69) is 37.4 Å². The molecule has 1 aromatic carbocycles. The van der Waals surface area contributed by atoms with Crippen LogP contribution in [0.5, 0.6) is 0 Å². The van der Waals surface area contributed by atoms with Crippen LogP contribution in [0.25, 0.3) is 0 Å². The van der Waals surface area contributed by atoms with Gasteiger partial charge >= 0.3 is 6.03 Å². The Morgan fingerprint density at radius 3 is 2.57 bits per heavy atom. The highest BCUT2D eigenvalue weighted by Crippen LogP contribution is 2.21. The molecule has 116 valence electrons. The van der Waals surface area contributed by atoms with E-state index in [-0.39, 0.29) is 12.6 Å². The van der Waals surface area contributed by atoms with E-state index >= 15 is 0 Å². The summed E-state index contributed by atoms with van der Waals surface area (Å²) in [5, 5.41) is 12.2. The van der Waals surface area contributed by atoms with E-state index in [1.54, 1.807) is 0 Å². The number of aliphatic hydroxyl groups excluding tert-OH is 1. The fourth-order valence-electron chi connectivity index (χ4n) is 2.78. The SMILES string of the molecule is CCc1ccc(CC)c(NC(=O)N2CCC(CO)CC2)c1. The summed E-state index contributed by atoms with van der Waals surface area (Å²) in [7, 11) is 0. The molecule has 2 amide bonds. The number of likely N-dealkylation sites (tertiary alicyclic amines) is 1. The molecule has 4 nitrogen and oxygen atoms in total. The van der Waals surface area contributed by atoms with Crippen LogP contribution in [0.2, 0.25) is 0 Å². The number of rotatable bonds is 4. The first kappa shape index (κ1) is 15.8. The number of nitrogens with zero attached hydrogens (tertiary/aromatic N) is 1. The third-order valence-electron chi connectivity index (χ3n) is 4.36. The molecule has 1 aromatic rings. The third-order valence-corrected chi connectivity index (χ3v) is 4.36. The molecule has 4 heteroatoms. The first-order chi connectivity index (χ1) is 10.2. The van der Waals surface area contributed by atoms with Crippen LogP contribution in [0, 0.1) is 5.92 Å². The summed E-state index contributed by atoms with van der Waals surface area (Å²) in [6.07, 6.45) is 3.65. The average molecular weight is 290 g/mol. The molecule has 1 aliphatic rings. The van der Waals surface area contributed by atoms with E-state index in [0.29, 0.717) is 5.92 Å². The molecule has 0 bridgehead atoms. The van der Waals surface area contributed by atoms with Crippen LogP contribution in [0.15, 0.2) is 18.2 Å². The second-order valence-corrected chi connectivity index (χ2v) is 5.74. The molecule has 2 rings (SSSR count). The maximum absolute atomic E-state index is 12.4. The summed E-state index contributed by atoms with van der Waals surface area (Å²) < 4.78 is 0. The maximum atomic E-state index is 12.4. The number of aryl methyl sites for hydroxylation is 2. The number of benzene rings is 1. The number of urea groups is 1. The van der Waals surface area contributed by atoms with Crippen molar-refractivity contribution in [1.82, 2.24) is 4.90 Å². The summed E-state index contributed by atoms with van der Waals surface area (Å²) in [6, 6.07) is 6.29. The lowest BCUT2D eigenvalue weighted by Crippen LogP contribution is -2.41. The minimum atomic E-state index is -0.0191. The van der Waals surface area contributed by atoms with Gasteiger partial charge < -0.3 is 15.3 Å². The van der Waals surface area contributed by atoms with Gasteiger partial charge in [0, 0.05) is 25.4 Å². The lowest BCUT2D eigenvalue weighted by molar-refractivity contribution is 0.143. The van der Waals surface area contributed by atoms with Gasteiger partial charge in [-0.05, 0) is 48.8 Å². The highest BCUT2D eigenvalue weighted by molar-refractivity contribution is 5.90. The molecular formula is C17H26N2O2. The van der Waals surface area contributed by atoms with Crippen molar-refractivity contribution in [3.63, 3.8) is 0 Å². The molecular weight excluding hydrogens is 264 g/mol. The predicted octanol–water partition coefficient (Wildman–Crippen LogP) is 3.05. The van der Waals surface area contributed by atoms with Gasteiger partial charge in [0.2, 0.25) is 0 Å². The van der Waals surface area contributed by atoms with Crippen molar-refractivity contribution in [3.05, 3.63) is 29.3 Å². The molecule has 0 atom stereocenters. The van der Waals surface area contributed by atoms with Crippen LogP contribution >= 0.6 is 0 Å². The molecule has 1 saturated heterocycles. The standard InChI is InChI=1S/C17H26N2O2/c1-3-13-5-6-15(4-2)16(11-13)18-17(21)19-9-7-14(12-20)8-10-19/h5-6,11,14,20H,3-4,7-10,12H2,1-2H3,(H,18,21). The molecule has 1 fully saturated rings. The summed E-state index contributed by atoms with van der Waals surface area (Å²) in [4.78, 5) is 14.2. The van der Waals surface area contributed by atoms with Crippen molar-refractivity contribution in [3.8, 4) is 0 Å². The molecule has 0 unspecified atom stereocenters. The number of amides is 2. The monoisotopic (exact) mass is 290 g/mol. The second kappa shape index (κ2) is 7.46. The van der Waals surface area contributed by atoms with Crippen molar-refractivity contribution < 1.29 is 9.90 Å². The normalized spacial score (nSPS) is 16.0. The number of aliphatic hydroxyl groups is 1. The summed E-state index contributed by atoms with van der Waals surface area (Å²) in [5.74, 6) is 0.351. The van der Waals surface area contributed by atoms with E-state index in [1.165, 1.54) is 11.1 Å². The summed E-state index contributed by atoms with van der Waals surface area (Å²) in [6.45, 7) is 5.90. The van der Waals surface area contributed by atoms with Gasteiger partial charge in [-0.2, -0.15) is 0 Å². The number of piperidine rings is 1. The Hall–Kier alpha value is -1.55. The Kier molecular flexibility index (Phi) is 5.62. The van der Waals surface area contributed by atoms with Gasteiger partial charge in [-0.1, -0.05) is 26.0 Å². The summed E-state index contributed by atoms with van der Waals surface area (Å²) in [5.41, 5.74) is 3.35. The molecule has 0 spiro atoms. The number of nitrogens with one attached hydrogen (secondary N) is 1. The Bertz CT molecular complexity index is 480. The Morgan fingerprint density at radius 1 is 1.29 bits per heavy atom. The molecule has 1 heterocycles. The van der Waals surface area contributed by atoms with Crippen molar-refractivity contribution in [2.24, 2.45) is 5.92 Å². The molecule has 1 aliphatic heterocycles. The lowest BCUT2D eigenvalue weighted by Gasteiger charge is -2.31. The predicted molar refractivity (Wildman–Crippen MR) is 85.6 cm³/mol. The number of hydrogen-bond acceptors (Lipinski definition) is 2. The van der Waals surface area contributed by atoms with Crippen molar-refractivity contribution in [2.75, 3.05) is 25.0 Å². The minimum Gasteiger partial charge on any atom is -0.396 e. The summed E-state index contributed by atoms with van der Waals surface area (Å²) >= 11 is 0. The van der Waals surface area contributed by atoms with Gasteiger partial charge in [0.15, 0.2) is 0 Å². The van der Waals surface area contributed by atoms with Crippen LogP contribution in [0.1, 0.15) is 37.8 Å². The van der Waals surface area contributed by atoms with E-state index in [1.807, 2.05) is 4.90 Å². The molecule has 0 aromatic heterocycles. The minimum absolute atomic E-state index is 0.0191. The van der Waals surface area contributed by atoms with Gasteiger partial charge in [-0.3, -0.25) is 0 Å². The van der Waals surface area contributed by atoms with Gasteiger partial charge in [0.1, 0.15) is 0 Å². The maximum Gasteiger partial charge on any atom is 0.321 e. The number of anilines is 1. The first-order valence-electron chi connectivity index (χ1n) is 7.96. The number of carbonyl (C=O) groups is 1. The Morgan fingerprint density at radius 2 is 2.00 bits per heavy atom. The fraction of sp³-hybridized carbons (Fsp3) is 0.588. The van der Waals surface area contributed by atoms with Crippen LogP contribution < -0.4 is 5.32 Å². The molecule has 2 N–H and O–H groups in total. The number of carbonyl (C=O) groups excluding carboxylic acids is 1. The zero-order chi connectivity index (χ0) is 15.2. The quantitative estimate of drug-likeness (QED) is 0.895. The highest BCUT2D eigenvalue weighted by Gasteiger charge is 2.22. The zero-order valence-corrected chi connectivity index (χ0v) is 13.1. The van der Waals surface area contributed by atoms with Crippen molar-refractivity contribution >= 4 is 11.7 Å². The average Bonchev–Trinajstić information content (AvgIpc) is 2.54. The smallest absolute Gasteiger partial charge is 0.321 e. The third kappa shape index (κ3) is 3.97. The van der Waals surface area contributed by atoms with Gasteiger partial charge in [-0.25, -0.2) is 4.79 Å². The highest BCUT2D eigenvalue weighted by atomic mass is 16.3. The van der Waals surface area contributed by atoms with Crippen LogP contribution in [0.4, 0.5) is 10.5 Å². The van der Waals surface area contributed by atoms with E-state index in [0.717, 1.165) is 44.5 Å².